The van der Waals surface area contributed by atoms with Crippen LogP contribution in [0.5, 0.6) is 0 Å². The van der Waals surface area contributed by atoms with Crippen LogP contribution in [-0.2, 0) is 41.3 Å². The van der Waals surface area contributed by atoms with Crippen LogP contribution in [0, 0.1) is 5.92 Å². The molecule has 22 heteroatoms. The summed E-state index contributed by atoms with van der Waals surface area (Å²) in [5.74, 6) is -0.0987. The van der Waals surface area contributed by atoms with Gasteiger partial charge in [-0.3, -0.25) is 48.1 Å². The molecule has 0 saturated carbocycles. The van der Waals surface area contributed by atoms with Crippen molar-refractivity contribution < 1.29 is 43.5 Å². The van der Waals surface area contributed by atoms with Gasteiger partial charge in [0.1, 0.15) is 31.4 Å². The number of hydrogen-bond donors (Lipinski definition) is 5. The number of amides is 2. The second kappa shape index (κ2) is 16.9. The van der Waals surface area contributed by atoms with Crippen LogP contribution in [-0.4, -0.2) is 124 Å². The number of ether oxygens (including phenoxy) is 3. The molecule has 0 aliphatic carbocycles. The molecule has 5 aliphatic heterocycles. The van der Waals surface area contributed by atoms with Crippen molar-refractivity contribution in [3.8, 4) is 0 Å². The Morgan fingerprint density at radius 2 is 1.32 bits per heavy atom. The molecule has 8 atom stereocenters. The Balaban J connectivity index is 0.000000179. The summed E-state index contributed by atoms with van der Waals surface area (Å²) in [4.78, 5) is 65.3. The maximum absolute atomic E-state index is 12.8. The summed E-state index contributed by atoms with van der Waals surface area (Å²) in [6.07, 6.45) is 1.10. The average molecular weight is 845 g/mol. The number of nitrogens with zero attached hydrogens (tertiary/aromatic N) is 8. The first-order valence-corrected chi connectivity index (χ1v) is 22.4. The smallest absolute Gasteiger partial charge is 0.283 e. The molecule has 0 bridgehead atoms. The number of aliphatic hydroxyl groups is 3. The Hall–Kier alpha value is -4.42. The van der Waals surface area contributed by atoms with E-state index < -0.39 is 51.3 Å². The lowest BCUT2D eigenvalue weighted by atomic mass is 9.99. The van der Waals surface area contributed by atoms with Crippen molar-refractivity contribution in [2.45, 2.75) is 136 Å². The van der Waals surface area contributed by atoms with E-state index in [2.05, 4.69) is 78.3 Å². The Morgan fingerprint density at radius 1 is 0.831 bits per heavy atom. The van der Waals surface area contributed by atoms with E-state index in [1.807, 2.05) is 0 Å². The van der Waals surface area contributed by atoms with E-state index in [1.54, 1.807) is 10.9 Å². The second-order valence-electron chi connectivity index (χ2n) is 16.6. The molecular formula is C37H56N10O11Si. The van der Waals surface area contributed by atoms with Gasteiger partial charge >= 0.3 is 0 Å². The predicted octanol–water partition coefficient (Wildman–Crippen LogP) is 1.47. The second-order valence-corrected chi connectivity index (χ2v) is 21.4. The van der Waals surface area contributed by atoms with Crippen molar-refractivity contribution in [3.63, 3.8) is 0 Å². The first kappa shape index (κ1) is 44.1. The number of aromatic nitrogens is 8. The normalized spacial score (nSPS) is 27.4. The molecule has 5 aliphatic rings. The maximum atomic E-state index is 12.8. The molecule has 59 heavy (non-hydrogen) atoms. The molecule has 0 spiro atoms. The maximum Gasteiger partial charge on any atom is 0.283 e. The Morgan fingerprint density at radius 3 is 1.75 bits per heavy atom. The van der Waals surface area contributed by atoms with Crippen LogP contribution in [0.15, 0.2) is 22.2 Å². The van der Waals surface area contributed by atoms with Gasteiger partial charge in [-0.05, 0) is 37.4 Å². The summed E-state index contributed by atoms with van der Waals surface area (Å²) in [6, 6.07) is 0. The zero-order chi connectivity index (χ0) is 41.8. The predicted molar refractivity (Wildman–Crippen MR) is 216 cm³/mol. The van der Waals surface area contributed by atoms with Crippen molar-refractivity contribution in [2.75, 3.05) is 30.5 Å². The summed E-state index contributed by atoms with van der Waals surface area (Å²) in [5.41, 5.74) is -0.0501. The van der Waals surface area contributed by atoms with Gasteiger partial charge in [-0.25, -0.2) is 9.97 Å². The van der Waals surface area contributed by atoms with Crippen molar-refractivity contribution in [2.24, 2.45) is 5.92 Å². The number of imidazole rings is 2. The third-order valence-electron chi connectivity index (χ3n) is 11.7. The van der Waals surface area contributed by atoms with E-state index in [0.717, 1.165) is 19.6 Å². The highest BCUT2D eigenvalue weighted by molar-refractivity contribution is 6.74. The van der Waals surface area contributed by atoms with E-state index in [1.165, 1.54) is 32.9 Å². The number of anilines is 2. The molecule has 1 unspecified atom stereocenters. The van der Waals surface area contributed by atoms with Crippen LogP contribution in [0.1, 0.15) is 73.8 Å². The number of fused-ring (bicyclic) bond motifs is 4. The van der Waals surface area contributed by atoms with Crippen molar-refractivity contribution in [3.05, 3.63) is 33.4 Å². The van der Waals surface area contributed by atoms with Gasteiger partial charge in [-0.1, -0.05) is 42.0 Å². The molecule has 0 radical (unpaired) electrons. The van der Waals surface area contributed by atoms with Gasteiger partial charge in [0.15, 0.2) is 43.1 Å². The van der Waals surface area contributed by atoms with Crippen LogP contribution < -0.4 is 21.8 Å². The van der Waals surface area contributed by atoms with Gasteiger partial charge in [0.25, 0.3) is 11.1 Å². The minimum atomic E-state index is -2.07. The largest absolute Gasteiger partial charge is 0.409 e. The number of aliphatic hydroxyl groups excluding tert-OH is 3. The van der Waals surface area contributed by atoms with Gasteiger partial charge in [-0.15, -0.1) is 0 Å². The molecule has 3 fully saturated rings. The minimum absolute atomic E-state index is 0. The monoisotopic (exact) mass is 844 g/mol. The summed E-state index contributed by atoms with van der Waals surface area (Å²) in [5, 5.41) is 34.2. The van der Waals surface area contributed by atoms with E-state index in [0.29, 0.717) is 5.65 Å². The van der Waals surface area contributed by atoms with Gasteiger partial charge in [0.2, 0.25) is 23.7 Å². The van der Waals surface area contributed by atoms with Crippen LogP contribution >= 0.6 is 0 Å². The van der Waals surface area contributed by atoms with E-state index in [9.17, 15) is 29.4 Å². The number of hydrogen-bond acceptors (Lipinski definition) is 15. The lowest BCUT2D eigenvalue weighted by molar-refractivity contribution is -0.116. The summed E-state index contributed by atoms with van der Waals surface area (Å²) in [6.45, 7) is 16.7. The number of carbonyl (C=O) groups is 2. The van der Waals surface area contributed by atoms with Gasteiger partial charge in [-0.2, -0.15) is 9.97 Å². The zero-order valence-electron chi connectivity index (χ0n) is 33.6. The van der Waals surface area contributed by atoms with E-state index in [4.69, 9.17) is 23.7 Å². The lowest BCUT2D eigenvalue weighted by Gasteiger charge is -2.40. The molecule has 4 aromatic rings. The van der Waals surface area contributed by atoms with E-state index >= 15 is 0 Å². The summed E-state index contributed by atoms with van der Waals surface area (Å²) < 4.78 is 29.2. The first-order valence-electron chi connectivity index (χ1n) is 19.5. The van der Waals surface area contributed by atoms with Crippen molar-refractivity contribution >= 4 is 54.4 Å². The zero-order valence-corrected chi connectivity index (χ0v) is 34.6. The highest BCUT2D eigenvalue weighted by atomic mass is 28.4. The highest BCUT2D eigenvalue weighted by Crippen LogP contribution is 2.44. The van der Waals surface area contributed by atoms with Crippen molar-refractivity contribution in [1.82, 2.24) is 38.2 Å². The molecule has 0 aromatic carbocycles. The van der Waals surface area contributed by atoms with E-state index in [-0.39, 0.29) is 89.6 Å². The molecule has 324 valence electrons. The average Bonchev–Trinajstić information content (AvgIpc) is 4.03. The fraction of sp³-hybridized carbons (Fsp3) is 0.676. The van der Waals surface area contributed by atoms with Crippen LogP contribution in [0.4, 0.5) is 11.9 Å². The van der Waals surface area contributed by atoms with Gasteiger partial charge in [0, 0.05) is 19.1 Å². The summed E-state index contributed by atoms with van der Waals surface area (Å²) >= 11 is 0. The quantitative estimate of drug-likeness (QED) is 0.172. The first-order chi connectivity index (χ1) is 27.4. The topological polar surface area (TPSA) is 261 Å². The Bertz CT molecular complexity index is 2310. The number of nitrogens with one attached hydrogen (secondary N) is 2. The molecule has 5 N–H and O–H groups in total. The van der Waals surface area contributed by atoms with Crippen LogP contribution in [0.3, 0.4) is 0 Å². The third kappa shape index (κ3) is 8.11. The Labute approximate surface area is 340 Å². The fourth-order valence-corrected chi connectivity index (χ4v) is 8.69. The molecule has 9 rings (SSSR count). The molecule has 9 heterocycles. The minimum Gasteiger partial charge on any atom is -0.409 e. The number of rotatable bonds is 6. The van der Waals surface area contributed by atoms with Crippen LogP contribution in [0.25, 0.3) is 22.3 Å². The molecule has 4 aromatic heterocycles. The molecule has 2 amide bonds. The van der Waals surface area contributed by atoms with Crippen LogP contribution in [0.2, 0.25) is 18.1 Å². The fourth-order valence-electron chi connectivity index (χ4n) is 7.32. The number of carbonyl (C=O) groups excluding carboxylic acids is 2. The highest BCUT2D eigenvalue weighted by Gasteiger charge is 2.49. The van der Waals surface area contributed by atoms with Gasteiger partial charge < -0.3 is 34.0 Å². The summed E-state index contributed by atoms with van der Waals surface area (Å²) in [7, 11) is -2.07. The van der Waals surface area contributed by atoms with Gasteiger partial charge in [0.05, 0.1) is 31.5 Å². The molecule has 3 saturated heterocycles. The lowest BCUT2D eigenvalue weighted by Crippen LogP contribution is -2.46. The molecular weight excluding hydrogens is 789 g/mol. The standard InChI is InChI=1S/C20H31N5O4Si.C12H13N5O6.C4H8O.CH4/c1-8-12-11(2)15(29-30(6,7)20(3,4)5)18(28-12)25-10-21-14-16(25)23-19-22-13(26)9-24(19)17(14)27;18-2-4-7(20)8(21)11(23-4)17-3-13-6-9(17)15-12-14-5(19)1-16(12)10(6)22;1-2-4-5-3-1;/h10-12,15,18H,8-9H2,1-7H3,(H,22,23,26);3-4,7-8,11,18,20-21H,1-2H2,(H,14,15,19);1-4H2;1H4/t11-,12-,15?,18-;4-,7-,8-,11-;;/m11../s1. The SMILES string of the molecule is C.C1CCOC1.CC[C@H]1O[C@@H](n2cnc3c(=O)n4c(nc32)NC(=O)C4)C(O[Si](C)(C)C(C)(C)C)[C@@H]1C.O=C1Cn2c(nc3c(ncn3[C@@H]3O[C@H](CO)[C@@H](O)[C@H]3O)c2=O)N1. The molecule has 21 nitrogen and oxygen atoms in total. The van der Waals surface area contributed by atoms with Crippen molar-refractivity contribution in [1.29, 1.82) is 0 Å². The Kier molecular flexibility index (Phi) is 12.7. The third-order valence-corrected chi connectivity index (χ3v) is 16.2.